The summed E-state index contributed by atoms with van der Waals surface area (Å²) in [7, 11) is 0. The SMILES string of the molecule is Cc1nc(Nc2ccccc2)sc1C(=O)Nc1cccc(Cl)c1. The summed E-state index contributed by atoms with van der Waals surface area (Å²) in [5.41, 5.74) is 2.28. The van der Waals surface area contributed by atoms with E-state index in [9.17, 15) is 4.79 Å². The number of nitrogens with one attached hydrogen (secondary N) is 2. The zero-order chi connectivity index (χ0) is 16.2. The van der Waals surface area contributed by atoms with E-state index in [0.29, 0.717) is 26.4 Å². The Morgan fingerprint density at radius 3 is 2.57 bits per heavy atom. The summed E-state index contributed by atoms with van der Waals surface area (Å²) in [6.07, 6.45) is 0. The average Bonchev–Trinajstić information content (AvgIpc) is 2.89. The highest BCUT2D eigenvalue weighted by Gasteiger charge is 2.15. The van der Waals surface area contributed by atoms with Crippen LogP contribution in [0.15, 0.2) is 54.6 Å². The number of thiazole rings is 1. The molecule has 3 aromatic rings. The highest BCUT2D eigenvalue weighted by atomic mass is 35.5. The third-order valence-electron chi connectivity index (χ3n) is 3.11. The topological polar surface area (TPSA) is 54.0 Å². The molecule has 2 aromatic carbocycles. The standard InChI is InChI=1S/C17H14ClN3OS/c1-11-15(16(22)20-14-9-5-6-12(18)10-14)23-17(19-11)21-13-7-3-2-4-8-13/h2-10H,1H3,(H,19,21)(H,20,22). The number of hydrogen-bond acceptors (Lipinski definition) is 4. The van der Waals surface area contributed by atoms with E-state index in [4.69, 9.17) is 11.6 Å². The Kier molecular flexibility index (Phi) is 4.60. The van der Waals surface area contributed by atoms with Gasteiger partial charge in [0, 0.05) is 16.4 Å². The van der Waals surface area contributed by atoms with Crippen molar-refractivity contribution in [3.05, 3.63) is 70.2 Å². The first kappa shape index (κ1) is 15.5. The van der Waals surface area contributed by atoms with Gasteiger partial charge in [-0.25, -0.2) is 4.98 Å². The van der Waals surface area contributed by atoms with E-state index >= 15 is 0 Å². The molecule has 1 aromatic heterocycles. The molecule has 116 valence electrons. The van der Waals surface area contributed by atoms with E-state index in [1.165, 1.54) is 11.3 Å². The van der Waals surface area contributed by atoms with Gasteiger partial charge in [-0.2, -0.15) is 0 Å². The van der Waals surface area contributed by atoms with Gasteiger partial charge in [0.15, 0.2) is 5.13 Å². The molecule has 6 heteroatoms. The fraction of sp³-hybridized carbons (Fsp3) is 0.0588. The fourth-order valence-corrected chi connectivity index (χ4v) is 3.13. The zero-order valence-corrected chi connectivity index (χ0v) is 13.9. The van der Waals surface area contributed by atoms with Crippen LogP contribution in [-0.4, -0.2) is 10.9 Å². The Labute approximate surface area is 143 Å². The molecule has 0 saturated carbocycles. The summed E-state index contributed by atoms with van der Waals surface area (Å²) in [6, 6.07) is 16.8. The third kappa shape index (κ3) is 3.88. The number of para-hydroxylation sites is 1. The Morgan fingerprint density at radius 1 is 1.09 bits per heavy atom. The molecule has 3 rings (SSSR count). The monoisotopic (exact) mass is 343 g/mol. The van der Waals surface area contributed by atoms with Crippen molar-refractivity contribution in [2.45, 2.75) is 6.92 Å². The van der Waals surface area contributed by atoms with Gasteiger partial charge in [-0.3, -0.25) is 4.79 Å². The van der Waals surface area contributed by atoms with Crippen LogP contribution in [0.4, 0.5) is 16.5 Å². The molecule has 2 N–H and O–H groups in total. The van der Waals surface area contributed by atoms with Crippen molar-refractivity contribution in [2.24, 2.45) is 0 Å². The van der Waals surface area contributed by atoms with E-state index < -0.39 is 0 Å². The van der Waals surface area contributed by atoms with E-state index in [-0.39, 0.29) is 5.91 Å². The van der Waals surface area contributed by atoms with Crippen LogP contribution in [-0.2, 0) is 0 Å². The lowest BCUT2D eigenvalue weighted by Gasteiger charge is -2.04. The second-order valence-electron chi connectivity index (χ2n) is 4.89. The van der Waals surface area contributed by atoms with Gasteiger partial charge in [0.2, 0.25) is 0 Å². The van der Waals surface area contributed by atoms with Crippen molar-refractivity contribution >= 4 is 45.4 Å². The Bertz CT molecular complexity index is 833. The summed E-state index contributed by atoms with van der Waals surface area (Å²) >= 11 is 7.25. The van der Waals surface area contributed by atoms with Crippen LogP contribution in [0.5, 0.6) is 0 Å². The Hall–Kier alpha value is -2.37. The summed E-state index contributed by atoms with van der Waals surface area (Å²) in [5, 5.41) is 7.30. The maximum Gasteiger partial charge on any atom is 0.267 e. The number of carbonyl (C=O) groups is 1. The summed E-state index contributed by atoms with van der Waals surface area (Å²) in [5.74, 6) is -0.191. The number of nitrogens with zero attached hydrogens (tertiary/aromatic N) is 1. The largest absolute Gasteiger partial charge is 0.332 e. The van der Waals surface area contributed by atoms with Crippen LogP contribution >= 0.6 is 22.9 Å². The van der Waals surface area contributed by atoms with E-state index in [2.05, 4.69) is 15.6 Å². The molecule has 0 radical (unpaired) electrons. The van der Waals surface area contributed by atoms with E-state index in [1.807, 2.05) is 37.3 Å². The number of rotatable bonds is 4. The minimum Gasteiger partial charge on any atom is -0.332 e. The maximum atomic E-state index is 12.4. The first-order valence-electron chi connectivity index (χ1n) is 6.98. The number of carbonyl (C=O) groups excluding carboxylic acids is 1. The molecule has 0 aliphatic heterocycles. The molecule has 0 unspecified atom stereocenters. The molecule has 1 amide bonds. The lowest BCUT2D eigenvalue weighted by Crippen LogP contribution is -2.11. The number of hydrogen-bond donors (Lipinski definition) is 2. The van der Waals surface area contributed by atoms with Crippen LogP contribution in [0.2, 0.25) is 5.02 Å². The van der Waals surface area contributed by atoms with E-state index in [1.54, 1.807) is 24.3 Å². The van der Waals surface area contributed by atoms with Crippen LogP contribution < -0.4 is 10.6 Å². The normalized spacial score (nSPS) is 10.3. The third-order valence-corrected chi connectivity index (χ3v) is 4.42. The molecule has 0 spiro atoms. The summed E-state index contributed by atoms with van der Waals surface area (Å²) < 4.78 is 0. The molecule has 0 aliphatic carbocycles. The first-order valence-corrected chi connectivity index (χ1v) is 8.18. The van der Waals surface area contributed by atoms with Gasteiger partial charge in [0.25, 0.3) is 5.91 Å². The highest BCUT2D eigenvalue weighted by Crippen LogP contribution is 2.26. The van der Waals surface area contributed by atoms with Gasteiger partial charge in [-0.15, -0.1) is 0 Å². The molecule has 0 saturated heterocycles. The second-order valence-corrected chi connectivity index (χ2v) is 6.32. The number of benzene rings is 2. The quantitative estimate of drug-likeness (QED) is 0.692. The molecular weight excluding hydrogens is 330 g/mol. The molecule has 4 nitrogen and oxygen atoms in total. The lowest BCUT2D eigenvalue weighted by atomic mass is 10.3. The van der Waals surface area contributed by atoms with Crippen molar-refractivity contribution in [3.63, 3.8) is 0 Å². The molecular formula is C17H14ClN3OS. The van der Waals surface area contributed by atoms with Gasteiger partial charge in [0.05, 0.1) is 5.69 Å². The molecule has 23 heavy (non-hydrogen) atoms. The number of amides is 1. The van der Waals surface area contributed by atoms with Crippen LogP contribution in [0.1, 0.15) is 15.4 Å². The van der Waals surface area contributed by atoms with Crippen molar-refractivity contribution < 1.29 is 4.79 Å². The first-order chi connectivity index (χ1) is 11.1. The Balaban J connectivity index is 1.76. The zero-order valence-electron chi connectivity index (χ0n) is 12.3. The minimum atomic E-state index is -0.191. The number of aromatic nitrogens is 1. The predicted octanol–water partition coefficient (Wildman–Crippen LogP) is 5.10. The van der Waals surface area contributed by atoms with Crippen molar-refractivity contribution in [1.82, 2.24) is 4.98 Å². The van der Waals surface area contributed by atoms with Crippen LogP contribution in [0, 0.1) is 6.92 Å². The lowest BCUT2D eigenvalue weighted by molar-refractivity contribution is 0.103. The van der Waals surface area contributed by atoms with Gasteiger partial charge in [-0.05, 0) is 37.3 Å². The van der Waals surface area contributed by atoms with Gasteiger partial charge >= 0.3 is 0 Å². The van der Waals surface area contributed by atoms with Crippen molar-refractivity contribution in [2.75, 3.05) is 10.6 Å². The smallest absolute Gasteiger partial charge is 0.267 e. The van der Waals surface area contributed by atoms with Crippen LogP contribution in [0.25, 0.3) is 0 Å². The number of anilines is 3. The molecule has 1 heterocycles. The van der Waals surface area contributed by atoms with Crippen molar-refractivity contribution in [1.29, 1.82) is 0 Å². The van der Waals surface area contributed by atoms with Gasteiger partial charge < -0.3 is 10.6 Å². The molecule has 0 aliphatic rings. The highest BCUT2D eigenvalue weighted by molar-refractivity contribution is 7.17. The van der Waals surface area contributed by atoms with Gasteiger partial charge in [0.1, 0.15) is 4.88 Å². The van der Waals surface area contributed by atoms with E-state index in [0.717, 1.165) is 5.69 Å². The second kappa shape index (κ2) is 6.81. The Morgan fingerprint density at radius 2 is 1.83 bits per heavy atom. The molecule has 0 atom stereocenters. The average molecular weight is 344 g/mol. The van der Waals surface area contributed by atoms with Crippen LogP contribution in [0.3, 0.4) is 0 Å². The predicted molar refractivity (Wildman–Crippen MR) is 96.0 cm³/mol. The van der Waals surface area contributed by atoms with Crippen molar-refractivity contribution in [3.8, 4) is 0 Å². The summed E-state index contributed by atoms with van der Waals surface area (Å²) in [4.78, 5) is 17.4. The fourth-order valence-electron chi connectivity index (χ4n) is 2.06. The molecule has 0 fully saturated rings. The minimum absolute atomic E-state index is 0.191. The van der Waals surface area contributed by atoms with Gasteiger partial charge in [-0.1, -0.05) is 47.2 Å². The molecule has 0 bridgehead atoms. The summed E-state index contributed by atoms with van der Waals surface area (Å²) in [6.45, 7) is 1.82. The number of aryl methyl sites for hydroxylation is 1. The maximum absolute atomic E-state index is 12.4. The number of halogens is 1.